The van der Waals surface area contributed by atoms with Gasteiger partial charge in [-0.05, 0) is 31.5 Å². The van der Waals surface area contributed by atoms with E-state index < -0.39 is 5.54 Å². The monoisotopic (exact) mass is 414 g/mol. The number of ether oxygens (including phenoxy) is 2. The lowest BCUT2D eigenvalue weighted by Gasteiger charge is -2.25. The molecule has 0 aliphatic carbocycles. The van der Waals surface area contributed by atoms with Crippen LogP contribution in [0.3, 0.4) is 0 Å². The number of aromatic nitrogens is 3. The van der Waals surface area contributed by atoms with Gasteiger partial charge in [0.15, 0.2) is 11.5 Å². The number of oxazole rings is 1. The Hall–Kier alpha value is -3.49. The van der Waals surface area contributed by atoms with E-state index in [-0.39, 0.29) is 29.2 Å². The number of rotatable bonds is 7. The Morgan fingerprint density at radius 3 is 2.47 bits per heavy atom. The van der Waals surface area contributed by atoms with Crippen LogP contribution in [0.25, 0.3) is 11.6 Å². The normalized spacial score (nSPS) is 11.3. The molecular formula is C21H23FN4O4. The fourth-order valence-electron chi connectivity index (χ4n) is 2.97. The summed E-state index contributed by atoms with van der Waals surface area (Å²) < 4.78 is 29.8. The maximum Gasteiger partial charge on any atom is 0.261 e. The zero-order valence-electron chi connectivity index (χ0n) is 17.4. The molecule has 1 amide bonds. The molecule has 0 bridgehead atoms. The molecule has 0 atom stereocenters. The number of benzene rings is 1. The number of carbonyl (C=O) groups excluding carboxylic acids is 1. The summed E-state index contributed by atoms with van der Waals surface area (Å²) in [5.41, 5.74) is 0.297. The van der Waals surface area contributed by atoms with E-state index in [2.05, 4.69) is 20.3 Å². The zero-order chi connectivity index (χ0) is 21.9. The highest BCUT2D eigenvalue weighted by molar-refractivity contribution is 5.74. The second kappa shape index (κ2) is 8.48. The van der Waals surface area contributed by atoms with Crippen molar-refractivity contribution in [1.82, 2.24) is 20.3 Å². The number of halogens is 1. The van der Waals surface area contributed by atoms with Gasteiger partial charge in [0.05, 0.1) is 26.0 Å². The fourth-order valence-corrected chi connectivity index (χ4v) is 2.97. The lowest BCUT2D eigenvalue weighted by Crippen LogP contribution is -2.41. The topological polar surface area (TPSA) is 99.4 Å². The van der Waals surface area contributed by atoms with Gasteiger partial charge in [0, 0.05) is 13.3 Å². The average Bonchev–Trinajstić information content (AvgIpc) is 3.16. The van der Waals surface area contributed by atoms with Crippen molar-refractivity contribution in [2.75, 3.05) is 14.2 Å². The maximum atomic E-state index is 13.1. The van der Waals surface area contributed by atoms with Gasteiger partial charge in [-0.1, -0.05) is 12.1 Å². The third-order valence-corrected chi connectivity index (χ3v) is 4.33. The molecule has 3 aromatic rings. The molecule has 8 nitrogen and oxygen atoms in total. The number of nitrogens with zero attached hydrogens (tertiary/aromatic N) is 3. The van der Waals surface area contributed by atoms with Crippen LogP contribution in [0.15, 0.2) is 34.9 Å². The van der Waals surface area contributed by atoms with E-state index in [1.54, 1.807) is 32.2 Å². The molecule has 9 heteroatoms. The predicted octanol–water partition coefficient (Wildman–Crippen LogP) is 3.25. The summed E-state index contributed by atoms with van der Waals surface area (Å²) in [4.78, 5) is 24.8. The van der Waals surface area contributed by atoms with Crippen LogP contribution in [0.2, 0.25) is 0 Å². The van der Waals surface area contributed by atoms with E-state index in [0.29, 0.717) is 23.7 Å². The first kappa shape index (κ1) is 21.2. The Morgan fingerprint density at radius 1 is 1.17 bits per heavy atom. The molecule has 0 spiro atoms. The highest BCUT2D eigenvalue weighted by Gasteiger charge is 2.30. The molecule has 2 aromatic heterocycles. The molecule has 1 N–H and O–H groups in total. The largest absolute Gasteiger partial charge is 0.490 e. The highest BCUT2D eigenvalue weighted by Crippen LogP contribution is 2.36. The molecule has 3 rings (SSSR count). The first-order valence-electron chi connectivity index (χ1n) is 9.22. The van der Waals surface area contributed by atoms with Gasteiger partial charge in [-0.25, -0.2) is 14.4 Å². The quantitative estimate of drug-likeness (QED) is 0.633. The van der Waals surface area contributed by atoms with Crippen LogP contribution in [0.1, 0.15) is 37.9 Å². The fraction of sp³-hybridized carbons (Fsp3) is 0.333. The Balaban J connectivity index is 2.01. The van der Waals surface area contributed by atoms with Crippen molar-refractivity contribution in [1.29, 1.82) is 0 Å². The van der Waals surface area contributed by atoms with Gasteiger partial charge >= 0.3 is 0 Å². The summed E-state index contributed by atoms with van der Waals surface area (Å²) in [5.74, 6) is 1.01. The SMILES string of the molecule is COc1nc(C(C)(C)NC(C)=O)nc(-c2ncc(Cc3ccc(F)cc3)o2)c1OC. The Bertz CT molecular complexity index is 1050. The van der Waals surface area contributed by atoms with Gasteiger partial charge in [-0.3, -0.25) is 4.79 Å². The van der Waals surface area contributed by atoms with Crippen molar-refractivity contribution in [3.8, 4) is 23.2 Å². The van der Waals surface area contributed by atoms with Crippen LogP contribution in [0.4, 0.5) is 4.39 Å². The number of amides is 1. The Kier molecular flexibility index (Phi) is 6.00. The van der Waals surface area contributed by atoms with Gasteiger partial charge in [0.2, 0.25) is 17.5 Å². The first-order chi connectivity index (χ1) is 14.2. The minimum atomic E-state index is -0.871. The van der Waals surface area contributed by atoms with Gasteiger partial charge < -0.3 is 19.2 Å². The average molecular weight is 414 g/mol. The highest BCUT2D eigenvalue weighted by atomic mass is 19.1. The number of hydrogen-bond acceptors (Lipinski definition) is 7. The van der Waals surface area contributed by atoms with Crippen LogP contribution in [0.5, 0.6) is 11.6 Å². The number of carbonyl (C=O) groups is 1. The van der Waals surface area contributed by atoms with Gasteiger partial charge in [0.1, 0.15) is 11.6 Å². The standard InChI is InChI=1S/C21H23FN4O4/c1-12(27)26-21(2,3)20-24-16(17(28-4)19(25-20)29-5)18-23-11-15(30-18)10-13-6-8-14(22)9-7-13/h6-9,11H,10H2,1-5H3,(H,26,27). The molecule has 0 aliphatic rings. The van der Waals surface area contributed by atoms with Crippen LogP contribution in [-0.2, 0) is 16.8 Å². The molecule has 0 radical (unpaired) electrons. The molecule has 1 aromatic carbocycles. The van der Waals surface area contributed by atoms with E-state index >= 15 is 0 Å². The summed E-state index contributed by atoms with van der Waals surface area (Å²) in [6, 6.07) is 6.14. The summed E-state index contributed by atoms with van der Waals surface area (Å²) in [6.45, 7) is 4.96. The molecule has 158 valence electrons. The molecule has 0 fully saturated rings. The minimum absolute atomic E-state index is 0.189. The van der Waals surface area contributed by atoms with E-state index in [9.17, 15) is 9.18 Å². The predicted molar refractivity (Wildman–Crippen MR) is 107 cm³/mol. The third-order valence-electron chi connectivity index (χ3n) is 4.33. The molecule has 0 saturated carbocycles. The van der Waals surface area contributed by atoms with Crippen molar-refractivity contribution in [2.45, 2.75) is 32.7 Å². The first-order valence-corrected chi connectivity index (χ1v) is 9.22. The molecule has 2 heterocycles. The molecule has 0 unspecified atom stereocenters. The lowest BCUT2D eigenvalue weighted by atomic mass is 10.0. The minimum Gasteiger partial charge on any atom is -0.490 e. The third kappa shape index (κ3) is 4.56. The zero-order valence-corrected chi connectivity index (χ0v) is 17.4. The maximum absolute atomic E-state index is 13.1. The van der Waals surface area contributed by atoms with Crippen LogP contribution < -0.4 is 14.8 Å². The van der Waals surface area contributed by atoms with Crippen molar-refractivity contribution in [2.24, 2.45) is 0 Å². The van der Waals surface area contributed by atoms with Crippen molar-refractivity contribution < 1.29 is 23.1 Å². The molecule has 0 aliphatic heterocycles. The molecular weight excluding hydrogens is 391 g/mol. The molecule has 30 heavy (non-hydrogen) atoms. The van der Waals surface area contributed by atoms with E-state index in [1.165, 1.54) is 33.3 Å². The van der Waals surface area contributed by atoms with Crippen molar-refractivity contribution >= 4 is 5.91 Å². The van der Waals surface area contributed by atoms with E-state index in [1.807, 2.05) is 0 Å². The number of hydrogen-bond donors (Lipinski definition) is 1. The van der Waals surface area contributed by atoms with E-state index in [0.717, 1.165) is 5.56 Å². The van der Waals surface area contributed by atoms with Gasteiger partial charge in [0.25, 0.3) is 5.88 Å². The second-order valence-corrected chi connectivity index (χ2v) is 7.18. The summed E-state index contributed by atoms with van der Waals surface area (Å²) >= 11 is 0. The van der Waals surface area contributed by atoms with Gasteiger partial charge in [-0.15, -0.1) is 0 Å². The van der Waals surface area contributed by atoms with Crippen molar-refractivity contribution in [3.63, 3.8) is 0 Å². The molecule has 0 saturated heterocycles. The number of nitrogens with one attached hydrogen (secondary N) is 1. The smallest absolute Gasteiger partial charge is 0.261 e. The van der Waals surface area contributed by atoms with Crippen LogP contribution >= 0.6 is 0 Å². The Morgan fingerprint density at radius 2 is 1.87 bits per heavy atom. The van der Waals surface area contributed by atoms with Crippen LogP contribution in [0, 0.1) is 5.82 Å². The summed E-state index contributed by atoms with van der Waals surface area (Å²) in [5, 5.41) is 2.80. The van der Waals surface area contributed by atoms with Crippen LogP contribution in [-0.4, -0.2) is 35.1 Å². The van der Waals surface area contributed by atoms with Gasteiger partial charge in [-0.2, -0.15) is 4.98 Å². The van der Waals surface area contributed by atoms with Crippen molar-refractivity contribution in [3.05, 3.63) is 53.4 Å². The lowest BCUT2D eigenvalue weighted by molar-refractivity contribution is -0.120. The second-order valence-electron chi connectivity index (χ2n) is 7.18. The Labute approximate surface area is 173 Å². The van der Waals surface area contributed by atoms with E-state index in [4.69, 9.17) is 13.9 Å². The summed E-state index contributed by atoms with van der Waals surface area (Å²) in [6.07, 6.45) is 2.01. The number of methoxy groups -OCH3 is 2. The summed E-state index contributed by atoms with van der Waals surface area (Å²) in [7, 11) is 2.92.